The van der Waals surface area contributed by atoms with Crippen molar-refractivity contribution in [2.45, 2.75) is 32.9 Å². The van der Waals surface area contributed by atoms with Gasteiger partial charge >= 0.3 is 0 Å². The van der Waals surface area contributed by atoms with Gasteiger partial charge in [-0.1, -0.05) is 42.5 Å². The first-order chi connectivity index (χ1) is 16.3. The minimum atomic E-state index is -0.269. The predicted molar refractivity (Wildman–Crippen MR) is 135 cm³/mol. The lowest BCUT2D eigenvalue weighted by atomic mass is 10.1. The number of carbonyl (C=O) groups excluding carboxylic acids is 3. The maximum absolute atomic E-state index is 12.7. The predicted octanol–water partition coefficient (Wildman–Crippen LogP) is 4.37. The third-order valence-corrected chi connectivity index (χ3v) is 5.05. The minimum absolute atomic E-state index is 0.00785. The number of hydrogen-bond acceptors (Lipinski definition) is 4. The van der Waals surface area contributed by atoms with Gasteiger partial charge in [-0.05, 0) is 62.7 Å². The van der Waals surface area contributed by atoms with Crippen LogP contribution in [0.15, 0.2) is 78.9 Å². The summed E-state index contributed by atoms with van der Waals surface area (Å²) in [6.45, 7) is 5.71. The molecule has 7 nitrogen and oxygen atoms in total. The molecule has 3 amide bonds. The van der Waals surface area contributed by atoms with Crippen LogP contribution in [0.3, 0.4) is 0 Å². The first-order valence-corrected chi connectivity index (χ1v) is 11.2. The molecule has 1 unspecified atom stereocenters. The summed E-state index contributed by atoms with van der Waals surface area (Å²) in [4.78, 5) is 37.2. The van der Waals surface area contributed by atoms with Crippen molar-refractivity contribution in [3.8, 4) is 0 Å². The van der Waals surface area contributed by atoms with Crippen molar-refractivity contribution in [3.05, 3.63) is 95.6 Å². The van der Waals surface area contributed by atoms with Crippen LogP contribution >= 0.6 is 0 Å². The van der Waals surface area contributed by atoms with Crippen molar-refractivity contribution in [3.63, 3.8) is 0 Å². The van der Waals surface area contributed by atoms with E-state index < -0.39 is 0 Å². The van der Waals surface area contributed by atoms with E-state index in [1.807, 2.05) is 51.1 Å². The standard InChI is InChI=1S/C27H30N4O3/c1-18(2)29-26(33)22-12-8-14-24(16-22)31-25(32)17-28-23-13-7-11-21(15-23)27(34)30-19(3)20-9-5-4-6-10-20/h4-16,18-19,28H,17H2,1-3H3,(H,29,33)(H,30,34)(H,31,32). The average Bonchev–Trinajstić information content (AvgIpc) is 2.83. The summed E-state index contributed by atoms with van der Waals surface area (Å²) in [5.74, 6) is -0.657. The van der Waals surface area contributed by atoms with E-state index in [4.69, 9.17) is 0 Å². The highest BCUT2D eigenvalue weighted by Crippen LogP contribution is 2.15. The van der Waals surface area contributed by atoms with Gasteiger partial charge in [-0.25, -0.2) is 0 Å². The zero-order chi connectivity index (χ0) is 24.5. The Labute approximate surface area is 200 Å². The molecule has 0 aliphatic heterocycles. The summed E-state index contributed by atoms with van der Waals surface area (Å²) in [5.41, 5.74) is 3.18. The van der Waals surface area contributed by atoms with Crippen LogP contribution in [0, 0.1) is 0 Å². The van der Waals surface area contributed by atoms with E-state index in [9.17, 15) is 14.4 Å². The van der Waals surface area contributed by atoms with Gasteiger partial charge in [-0.15, -0.1) is 0 Å². The molecule has 0 saturated carbocycles. The largest absolute Gasteiger partial charge is 0.376 e. The van der Waals surface area contributed by atoms with Crippen LogP contribution in [-0.2, 0) is 4.79 Å². The van der Waals surface area contributed by atoms with Crippen molar-refractivity contribution in [1.29, 1.82) is 0 Å². The minimum Gasteiger partial charge on any atom is -0.376 e. The normalized spacial score (nSPS) is 11.4. The fourth-order valence-corrected chi connectivity index (χ4v) is 3.35. The second-order valence-electron chi connectivity index (χ2n) is 8.30. The van der Waals surface area contributed by atoms with Gasteiger partial charge in [-0.2, -0.15) is 0 Å². The Balaban J connectivity index is 1.55. The molecule has 3 aromatic carbocycles. The lowest BCUT2D eigenvalue weighted by Gasteiger charge is -2.15. The molecule has 3 aromatic rings. The number of benzene rings is 3. The SMILES string of the molecule is CC(C)NC(=O)c1cccc(NC(=O)CNc2cccc(C(=O)NC(C)c3ccccc3)c2)c1. The van der Waals surface area contributed by atoms with Gasteiger partial charge in [0, 0.05) is 28.5 Å². The van der Waals surface area contributed by atoms with E-state index in [0.29, 0.717) is 22.5 Å². The number of amides is 3. The molecular weight excluding hydrogens is 428 g/mol. The number of anilines is 2. The molecule has 0 aliphatic rings. The van der Waals surface area contributed by atoms with E-state index in [-0.39, 0.29) is 36.3 Å². The van der Waals surface area contributed by atoms with E-state index in [1.54, 1.807) is 48.5 Å². The van der Waals surface area contributed by atoms with Crippen LogP contribution in [0.1, 0.15) is 53.1 Å². The molecule has 3 rings (SSSR count). The maximum Gasteiger partial charge on any atom is 0.251 e. The summed E-state index contributed by atoms with van der Waals surface area (Å²) in [5, 5.41) is 11.6. The lowest BCUT2D eigenvalue weighted by Crippen LogP contribution is -2.30. The number of rotatable bonds is 9. The molecule has 0 saturated heterocycles. The Morgan fingerprint density at radius 1 is 0.706 bits per heavy atom. The Hall–Kier alpha value is -4.13. The number of hydrogen-bond donors (Lipinski definition) is 4. The zero-order valence-corrected chi connectivity index (χ0v) is 19.6. The smallest absolute Gasteiger partial charge is 0.251 e. The quantitative estimate of drug-likeness (QED) is 0.383. The van der Waals surface area contributed by atoms with Gasteiger partial charge in [-0.3, -0.25) is 14.4 Å². The Bertz CT molecular complexity index is 1150. The van der Waals surface area contributed by atoms with Gasteiger partial charge < -0.3 is 21.3 Å². The summed E-state index contributed by atoms with van der Waals surface area (Å²) < 4.78 is 0. The average molecular weight is 459 g/mol. The first-order valence-electron chi connectivity index (χ1n) is 11.2. The fourth-order valence-electron chi connectivity index (χ4n) is 3.35. The second-order valence-corrected chi connectivity index (χ2v) is 8.30. The third kappa shape index (κ3) is 7.20. The molecule has 1 atom stereocenters. The summed E-state index contributed by atoms with van der Waals surface area (Å²) in [7, 11) is 0. The van der Waals surface area contributed by atoms with E-state index in [0.717, 1.165) is 5.56 Å². The molecule has 4 N–H and O–H groups in total. The lowest BCUT2D eigenvalue weighted by molar-refractivity contribution is -0.114. The van der Waals surface area contributed by atoms with E-state index in [2.05, 4.69) is 21.3 Å². The highest BCUT2D eigenvalue weighted by Gasteiger charge is 2.12. The van der Waals surface area contributed by atoms with Crippen molar-refractivity contribution >= 4 is 29.1 Å². The Morgan fingerprint density at radius 3 is 1.94 bits per heavy atom. The molecule has 0 aliphatic carbocycles. The van der Waals surface area contributed by atoms with Crippen molar-refractivity contribution < 1.29 is 14.4 Å². The molecule has 0 spiro atoms. The third-order valence-electron chi connectivity index (χ3n) is 5.05. The summed E-state index contributed by atoms with van der Waals surface area (Å²) in [6, 6.07) is 23.4. The molecule has 0 radical (unpaired) electrons. The molecule has 0 aromatic heterocycles. The Kier molecular flexibility index (Phi) is 8.40. The van der Waals surface area contributed by atoms with Gasteiger partial charge in [0.25, 0.3) is 11.8 Å². The Morgan fingerprint density at radius 2 is 1.29 bits per heavy atom. The van der Waals surface area contributed by atoms with Crippen LogP contribution in [0.25, 0.3) is 0 Å². The molecule has 0 fully saturated rings. The van der Waals surface area contributed by atoms with Gasteiger partial charge in [0.05, 0.1) is 12.6 Å². The van der Waals surface area contributed by atoms with Crippen molar-refractivity contribution in [2.24, 2.45) is 0 Å². The number of carbonyl (C=O) groups is 3. The maximum atomic E-state index is 12.7. The first kappa shape index (κ1) is 24.5. The van der Waals surface area contributed by atoms with E-state index >= 15 is 0 Å². The summed E-state index contributed by atoms with van der Waals surface area (Å²) >= 11 is 0. The van der Waals surface area contributed by atoms with Crippen LogP contribution in [-0.4, -0.2) is 30.3 Å². The molecule has 176 valence electrons. The van der Waals surface area contributed by atoms with Gasteiger partial charge in [0.15, 0.2) is 0 Å². The topological polar surface area (TPSA) is 99.3 Å². The fraction of sp³-hybridized carbons (Fsp3) is 0.222. The molecule has 7 heteroatoms. The van der Waals surface area contributed by atoms with Crippen molar-refractivity contribution in [2.75, 3.05) is 17.2 Å². The summed E-state index contributed by atoms with van der Waals surface area (Å²) in [6.07, 6.45) is 0. The monoisotopic (exact) mass is 458 g/mol. The second kappa shape index (κ2) is 11.7. The van der Waals surface area contributed by atoms with Crippen molar-refractivity contribution in [1.82, 2.24) is 10.6 Å². The zero-order valence-electron chi connectivity index (χ0n) is 19.6. The number of nitrogens with one attached hydrogen (secondary N) is 4. The molecule has 34 heavy (non-hydrogen) atoms. The van der Waals surface area contributed by atoms with Crippen LogP contribution in [0.2, 0.25) is 0 Å². The molecule has 0 heterocycles. The van der Waals surface area contributed by atoms with E-state index in [1.165, 1.54) is 0 Å². The van der Waals surface area contributed by atoms with Crippen LogP contribution < -0.4 is 21.3 Å². The molecular formula is C27H30N4O3. The van der Waals surface area contributed by atoms with Gasteiger partial charge in [0.1, 0.15) is 0 Å². The molecule has 0 bridgehead atoms. The van der Waals surface area contributed by atoms with Crippen LogP contribution in [0.4, 0.5) is 11.4 Å². The highest BCUT2D eigenvalue weighted by atomic mass is 16.2. The van der Waals surface area contributed by atoms with Crippen LogP contribution in [0.5, 0.6) is 0 Å². The van der Waals surface area contributed by atoms with Gasteiger partial charge in [0.2, 0.25) is 5.91 Å². The highest BCUT2D eigenvalue weighted by molar-refractivity contribution is 5.98.